The molecule has 0 bridgehead atoms. The zero-order chi connectivity index (χ0) is 6.12. The summed E-state index contributed by atoms with van der Waals surface area (Å²) >= 11 is 0. The van der Waals surface area contributed by atoms with E-state index in [1.165, 1.54) is 0 Å². The Bertz CT molecular complexity index is 15.6. The van der Waals surface area contributed by atoms with Crippen molar-refractivity contribution in [3.05, 3.63) is 0 Å². The number of methoxy groups -OCH3 is 1. The molecule has 0 spiro atoms. The van der Waals surface area contributed by atoms with Gasteiger partial charge in [0.1, 0.15) is 0 Å². The SMILES string of the molecule is CCOC.CNC. The van der Waals surface area contributed by atoms with Crippen molar-refractivity contribution < 1.29 is 4.74 Å². The Morgan fingerprint density at radius 3 is 1.57 bits per heavy atom. The fourth-order valence-corrected chi connectivity index (χ4v) is 0. The maximum atomic E-state index is 4.54. The first-order valence-corrected chi connectivity index (χ1v) is 2.40. The predicted molar refractivity (Wildman–Crippen MR) is 32.5 cm³/mol. The van der Waals surface area contributed by atoms with Crippen molar-refractivity contribution in [2.75, 3.05) is 27.8 Å². The summed E-state index contributed by atoms with van der Waals surface area (Å²) in [6, 6.07) is 0. The number of rotatable bonds is 1. The highest BCUT2D eigenvalue weighted by Crippen LogP contribution is 1.52. The van der Waals surface area contributed by atoms with Gasteiger partial charge in [-0.3, -0.25) is 0 Å². The van der Waals surface area contributed by atoms with Crippen molar-refractivity contribution in [3.8, 4) is 0 Å². The van der Waals surface area contributed by atoms with E-state index < -0.39 is 0 Å². The van der Waals surface area contributed by atoms with E-state index in [-0.39, 0.29) is 0 Å². The highest BCUT2D eigenvalue weighted by atomic mass is 16.5. The summed E-state index contributed by atoms with van der Waals surface area (Å²) in [5, 5.41) is 2.75. The van der Waals surface area contributed by atoms with Gasteiger partial charge in [0, 0.05) is 13.7 Å². The first-order chi connectivity index (χ1) is 3.33. The summed E-state index contributed by atoms with van der Waals surface area (Å²) in [5.41, 5.74) is 0. The summed E-state index contributed by atoms with van der Waals surface area (Å²) in [5.74, 6) is 0. The summed E-state index contributed by atoms with van der Waals surface area (Å²) in [7, 11) is 5.43. The molecule has 0 aliphatic heterocycles. The molecule has 0 rings (SSSR count). The van der Waals surface area contributed by atoms with Crippen LogP contribution < -0.4 is 5.32 Å². The third kappa shape index (κ3) is 107. The number of nitrogens with one attached hydrogen (secondary N) is 1. The smallest absolute Gasteiger partial charge is 0.0433 e. The Labute approximate surface area is 45.9 Å². The lowest BCUT2D eigenvalue weighted by Crippen LogP contribution is -1.89. The lowest BCUT2D eigenvalue weighted by atomic mass is 10.9. The Balaban J connectivity index is 0. The molecule has 0 saturated carbocycles. The number of hydrogen-bond donors (Lipinski definition) is 1. The van der Waals surface area contributed by atoms with Crippen LogP contribution >= 0.6 is 0 Å². The zero-order valence-corrected chi connectivity index (χ0v) is 5.62. The summed E-state index contributed by atoms with van der Waals surface area (Å²) < 4.78 is 4.54. The minimum Gasteiger partial charge on any atom is -0.385 e. The molecule has 0 heterocycles. The lowest BCUT2D eigenvalue weighted by molar-refractivity contribution is 0.215. The highest BCUT2D eigenvalue weighted by molar-refractivity contribution is 3.94. The van der Waals surface area contributed by atoms with Gasteiger partial charge in [-0.25, -0.2) is 0 Å². The third-order valence-electron chi connectivity index (χ3n) is 0.289. The molecule has 1 N–H and O–H groups in total. The number of hydrogen-bond acceptors (Lipinski definition) is 2. The standard InChI is InChI=1S/C3H8O.C2H7N/c1-3-4-2;1-3-2/h3H2,1-2H3;3H,1-2H3. The van der Waals surface area contributed by atoms with E-state index >= 15 is 0 Å². The third-order valence-corrected chi connectivity index (χ3v) is 0.289. The molecule has 0 amide bonds. The second kappa shape index (κ2) is 16.8. The van der Waals surface area contributed by atoms with Gasteiger partial charge < -0.3 is 10.1 Å². The fourth-order valence-electron chi connectivity index (χ4n) is 0. The molecule has 0 aliphatic carbocycles. The molecule has 0 atom stereocenters. The van der Waals surface area contributed by atoms with Gasteiger partial charge in [-0.15, -0.1) is 0 Å². The van der Waals surface area contributed by atoms with Gasteiger partial charge >= 0.3 is 0 Å². The van der Waals surface area contributed by atoms with Crippen molar-refractivity contribution in [1.82, 2.24) is 5.32 Å². The highest BCUT2D eigenvalue weighted by Gasteiger charge is 1.51. The molecule has 0 aromatic rings. The molecule has 2 heteroatoms. The van der Waals surface area contributed by atoms with E-state index in [1.54, 1.807) is 7.11 Å². The van der Waals surface area contributed by atoms with Crippen LogP contribution in [0.5, 0.6) is 0 Å². The van der Waals surface area contributed by atoms with E-state index in [1.807, 2.05) is 21.0 Å². The van der Waals surface area contributed by atoms with E-state index in [0.29, 0.717) is 0 Å². The van der Waals surface area contributed by atoms with Crippen LogP contribution in [-0.2, 0) is 4.74 Å². The molecular formula is C5H15NO. The first-order valence-electron chi connectivity index (χ1n) is 2.40. The molecule has 0 aromatic carbocycles. The Hall–Kier alpha value is -0.0800. The van der Waals surface area contributed by atoms with Gasteiger partial charge in [-0.2, -0.15) is 0 Å². The Morgan fingerprint density at radius 2 is 1.57 bits per heavy atom. The molecule has 7 heavy (non-hydrogen) atoms. The topological polar surface area (TPSA) is 21.3 Å². The minimum absolute atomic E-state index is 0.819. The molecule has 0 aliphatic rings. The van der Waals surface area contributed by atoms with Gasteiger partial charge in [-0.1, -0.05) is 0 Å². The van der Waals surface area contributed by atoms with Crippen molar-refractivity contribution >= 4 is 0 Å². The maximum Gasteiger partial charge on any atom is 0.0433 e. The van der Waals surface area contributed by atoms with Crippen molar-refractivity contribution in [2.45, 2.75) is 6.92 Å². The van der Waals surface area contributed by atoms with Crippen molar-refractivity contribution in [2.24, 2.45) is 0 Å². The summed E-state index contributed by atoms with van der Waals surface area (Å²) in [6.45, 7) is 2.78. The summed E-state index contributed by atoms with van der Waals surface area (Å²) in [4.78, 5) is 0. The van der Waals surface area contributed by atoms with Gasteiger partial charge in [0.2, 0.25) is 0 Å². The van der Waals surface area contributed by atoms with E-state index in [0.717, 1.165) is 6.61 Å². The van der Waals surface area contributed by atoms with Crippen LogP contribution in [0.4, 0.5) is 0 Å². The molecular weight excluding hydrogens is 90.1 g/mol. The van der Waals surface area contributed by atoms with Gasteiger partial charge in [0.25, 0.3) is 0 Å². The molecule has 2 nitrogen and oxygen atoms in total. The quantitative estimate of drug-likeness (QED) is 0.524. The predicted octanol–water partition coefficient (Wildman–Crippen LogP) is 0.488. The normalized spacial score (nSPS) is 6.86. The lowest BCUT2D eigenvalue weighted by Gasteiger charge is -1.76. The summed E-state index contributed by atoms with van der Waals surface area (Å²) in [6.07, 6.45) is 0. The van der Waals surface area contributed by atoms with Gasteiger partial charge in [0.05, 0.1) is 0 Å². The molecule has 0 fully saturated rings. The van der Waals surface area contributed by atoms with E-state index in [2.05, 4.69) is 10.1 Å². The number of ether oxygens (including phenoxy) is 1. The first kappa shape index (κ1) is 10.0. The Morgan fingerprint density at radius 1 is 1.43 bits per heavy atom. The van der Waals surface area contributed by atoms with Crippen LogP contribution in [-0.4, -0.2) is 27.8 Å². The monoisotopic (exact) mass is 105 g/mol. The zero-order valence-electron chi connectivity index (χ0n) is 5.62. The molecule has 46 valence electrons. The minimum atomic E-state index is 0.819. The molecule has 0 aromatic heterocycles. The van der Waals surface area contributed by atoms with E-state index in [4.69, 9.17) is 0 Å². The van der Waals surface area contributed by atoms with Gasteiger partial charge in [0.15, 0.2) is 0 Å². The molecule has 0 saturated heterocycles. The maximum absolute atomic E-state index is 4.54. The Kier molecular flexibility index (Phi) is 24.1. The van der Waals surface area contributed by atoms with Crippen LogP contribution in [0.3, 0.4) is 0 Å². The molecule has 0 radical (unpaired) electrons. The molecule has 0 unspecified atom stereocenters. The second-order valence-electron chi connectivity index (χ2n) is 1.08. The van der Waals surface area contributed by atoms with Crippen LogP contribution in [0.25, 0.3) is 0 Å². The van der Waals surface area contributed by atoms with Gasteiger partial charge in [-0.05, 0) is 21.0 Å². The van der Waals surface area contributed by atoms with Crippen LogP contribution in [0.15, 0.2) is 0 Å². The van der Waals surface area contributed by atoms with Crippen LogP contribution in [0, 0.1) is 0 Å². The van der Waals surface area contributed by atoms with Crippen LogP contribution in [0.2, 0.25) is 0 Å². The largest absolute Gasteiger partial charge is 0.385 e. The fraction of sp³-hybridized carbons (Fsp3) is 1.00. The average molecular weight is 105 g/mol. The second-order valence-corrected chi connectivity index (χ2v) is 1.08. The van der Waals surface area contributed by atoms with Crippen molar-refractivity contribution in [1.29, 1.82) is 0 Å². The van der Waals surface area contributed by atoms with E-state index in [9.17, 15) is 0 Å². The average Bonchev–Trinajstić information content (AvgIpc) is 1.69. The van der Waals surface area contributed by atoms with Crippen LogP contribution in [0.1, 0.15) is 6.92 Å². The van der Waals surface area contributed by atoms with Crippen molar-refractivity contribution in [3.63, 3.8) is 0 Å².